The minimum absolute atomic E-state index is 0.183. The minimum atomic E-state index is 0.183. The summed E-state index contributed by atoms with van der Waals surface area (Å²) in [6, 6.07) is 27.0. The molecule has 0 spiro atoms. The Hall–Kier alpha value is -4.12. The highest BCUT2D eigenvalue weighted by Crippen LogP contribution is 2.36. The van der Waals surface area contributed by atoms with E-state index >= 15 is 0 Å². The van der Waals surface area contributed by atoms with Crippen molar-refractivity contribution < 1.29 is 9.84 Å². The van der Waals surface area contributed by atoms with E-state index in [-0.39, 0.29) is 5.75 Å². The van der Waals surface area contributed by atoms with Crippen molar-refractivity contribution in [2.45, 2.75) is 13.5 Å². The average molecular weight is 407 g/mol. The lowest BCUT2D eigenvalue weighted by Gasteiger charge is -2.11. The number of rotatable bonds is 5. The van der Waals surface area contributed by atoms with Crippen molar-refractivity contribution in [3.05, 3.63) is 102 Å². The standard InChI is InChI=1S/C26H21N3O2/c1-18-14-15-23(31-17-19-9-3-2-4-10-19)25(27-18)24-21-12-7-8-16-29(21)26(28-24)20-11-5-6-13-22(20)30/h2-16,30H,17H2,1H3. The number of phenols is 1. The summed E-state index contributed by atoms with van der Waals surface area (Å²) >= 11 is 0. The average Bonchev–Trinajstić information content (AvgIpc) is 3.19. The number of benzene rings is 2. The van der Waals surface area contributed by atoms with Gasteiger partial charge in [-0.1, -0.05) is 48.5 Å². The van der Waals surface area contributed by atoms with E-state index in [4.69, 9.17) is 14.7 Å². The van der Waals surface area contributed by atoms with Crippen LogP contribution in [0.2, 0.25) is 0 Å². The number of nitrogens with zero attached hydrogens (tertiary/aromatic N) is 3. The molecule has 5 heteroatoms. The van der Waals surface area contributed by atoms with E-state index in [0.29, 0.717) is 35.1 Å². The van der Waals surface area contributed by atoms with Crippen molar-refractivity contribution in [3.63, 3.8) is 0 Å². The van der Waals surface area contributed by atoms with Gasteiger partial charge in [-0.3, -0.25) is 4.40 Å². The molecule has 2 aromatic carbocycles. The molecular formula is C26H21N3O2. The van der Waals surface area contributed by atoms with E-state index in [0.717, 1.165) is 16.8 Å². The SMILES string of the molecule is Cc1ccc(OCc2ccccc2)c(-c2nc(-c3ccccc3O)n3ccccc23)n1. The predicted octanol–water partition coefficient (Wildman–Crippen LogP) is 5.66. The van der Waals surface area contributed by atoms with Crippen LogP contribution in [0, 0.1) is 6.92 Å². The molecule has 0 aliphatic carbocycles. The highest BCUT2D eigenvalue weighted by Gasteiger charge is 2.20. The van der Waals surface area contributed by atoms with Gasteiger partial charge >= 0.3 is 0 Å². The van der Waals surface area contributed by atoms with Gasteiger partial charge in [0.25, 0.3) is 0 Å². The Labute approximate surface area is 180 Å². The van der Waals surface area contributed by atoms with Crippen molar-refractivity contribution in [3.8, 4) is 34.3 Å². The maximum Gasteiger partial charge on any atom is 0.149 e. The number of hydrogen-bond acceptors (Lipinski definition) is 4. The number of imidazole rings is 1. The zero-order valence-corrected chi connectivity index (χ0v) is 17.1. The van der Waals surface area contributed by atoms with Gasteiger partial charge in [0.15, 0.2) is 0 Å². The third-order valence-corrected chi connectivity index (χ3v) is 5.15. The molecule has 0 radical (unpaired) electrons. The molecule has 0 saturated carbocycles. The monoisotopic (exact) mass is 407 g/mol. The molecule has 31 heavy (non-hydrogen) atoms. The summed E-state index contributed by atoms with van der Waals surface area (Å²) in [5, 5.41) is 10.4. The number of aryl methyl sites for hydroxylation is 1. The van der Waals surface area contributed by atoms with Crippen molar-refractivity contribution in [1.29, 1.82) is 0 Å². The predicted molar refractivity (Wildman–Crippen MR) is 121 cm³/mol. The van der Waals surface area contributed by atoms with Gasteiger partial charge in [-0.25, -0.2) is 9.97 Å². The Morgan fingerprint density at radius 3 is 2.42 bits per heavy atom. The minimum Gasteiger partial charge on any atom is -0.507 e. The lowest BCUT2D eigenvalue weighted by Crippen LogP contribution is -1.99. The highest BCUT2D eigenvalue weighted by molar-refractivity contribution is 5.83. The van der Waals surface area contributed by atoms with Crippen LogP contribution in [0.1, 0.15) is 11.3 Å². The zero-order chi connectivity index (χ0) is 21.2. The molecule has 3 heterocycles. The first-order valence-electron chi connectivity index (χ1n) is 10.1. The van der Waals surface area contributed by atoms with Gasteiger partial charge in [-0.15, -0.1) is 0 Å². The summed E-state index contributed by atoms with van der Waals surface area (Å²) < 4.78 is 8.13. The van der Waals surface area contributed by atoms with Crippen LogP contribution in [0.15, 0.2) is 91.1 Å². The van der Waals surface area contributed by atoms with Crippen LogP contribution in [0.4, 0.5) is 0 Å². The molecule has 3 aromatic heterocycles. The normalized spacial score (nSPS) is 11.0. The molecule has 0 saturated heterocycles. The van der Waals surface area contributed by atoms with Crippen molar-refractivity contribution >= 4 is 5.52 Å². The zero-order valence-electron chi connectivity index (χ0n) is 17.1. The molecule has 5 nitrogen and oxygen atoms in total. The number of phenolic OH excluding ortho intramolecular Hbond substituents is 1. The van der Waals surface area contributed by atoms with E-state index in [1.165, 1.54) is 0 Å². The van der Waals surface area contributed by atoms with Crippen LogP contribution in [0.5, 0.6) is 11.5 Å². The summed E-state index contributed by atoms with van der Waals surface area (Å²) in [7, 11) is 0. The maximum atomic E-state index is 10.4. The second-order valence-electron chi connectivity index (χ2n) is 7.33. The molecule has 0 fully saturated rings. The number of fused-ring (bicyclic) bond motifs is 1. The van der Waals surface area contributed by atoms with Gasteiger partial charge in [-0.2, -0.15) is 0 Å². The van der Waals surface area contributed by atoms with Gasteiger partial charge < -0.3 is 9.84 Å². The van der Waals surface area contributed by atoms with Crippen LogP contribution in [0.25, 0.3) is 28.3 Å². The molecule has 1 N–H and O–H groups in total. The molecule has 0 amide bonds. The van der Waals surface area contributed by atoms with Crippen molar-refractivity contribution in [1.82, 2.24) is 14.4 Å². The fourth-order valence-electron chi connectivity index (χ4n) is 3.63. The fourth-order valence-corrected chi connectivity index (χ4v) is 3.63. The Kier molecular flexibility index (Phi) is 4.84. The molecule has 0 aliphatic rings. The number of hydrogen-bond donors (Lipinski definition) is 1. The summed E-state index contributed by atoms with van der Waals surface area (Å²) in [5.74, 6) is 1.51. The Morgan fingerprint density at radius 2 is 1.58 bits per heavy atom. The first-order valence-corrected chi connectivity index (χ1v) is 10.1. The van der Waals surface area contributed by atoms with E-state index in [2.05, 4.69) is 0 Å². The molecule has 0 atom stereocenters. The maximum absolute atomic E-state index is 10.4. The van der Waals surface area contributed by atoms with Crippen LogP contribution in [0.3, 0.4) is 0 Å². The van der Waals surface area contributed by atoms with E-state index in [1.54, 1.807) is 12.1 Å². The summed E-state index contributed by atoms with van der Waals surface area (Å²) in [6.45, 7) is 2.39. The number of pyridine rings is 2. The van der Waals surface area contributed by atoms with Gasteiger partial charge in [0.1, 0.15) is 35.3 Å². The Balaban J connectivity index is 1.65. The highest BCUT2D eigenvalue weighted by atomic mass is 16.5. The third kappa shape index (κ3) is 3.62. The van der Waals surface area contributed by atoms with Gasteiger partial charge in [-0.05, 0) is 48.9 Å². The quantitative estimate of drug-likeness (QED) is 0.409. The summed E-state index contributed by atoms with van der Waals surface area (Å²) in [6.07, 6.45) is 1.94. The first kappa shape index (κ1) is 18.9. The molecule has 0 aliphatic heterocycles. The van der Waals surface area contributed by atoms with E-state index in [1.807, 2.05) is 90.3 Å². The van der Waals surface area contributed by atoms with E-state index < -0.39 is 0 Å². The lowest BCUT2D eigenvalue weighted by molar-refractivity contribution is 0.306. The molecule has 5 rings (SSSR count). The van der Waals surface area contributed by atoms with Crippen LogP contribution in [-0.2, 0) is 6.61 Å². The third-order valence-electron chi connectivity index (χ3n) is 5.15. The van der Waals surface area contributed by atoms with Gasteiger partial charge in [0.05, 0.1) is 11.1 Å². The second kappa shape index (κ2) is 7.95. The number of para-hydroxylation sites is 1. The van der Waals surface area contributed by atoms with Crippen LogP contribution >= 0.6 is 0 Å². The summed E-state index contributed by atoms with van der Waals surface area (Å²) in [5.41, 5.74) is 4.91. The molecule has 152 valence electrons. The van der Waals surface area contributed by atoms with Gasteiger partial charge in [0.2, 0.25) is 0 Å². The lowest BCUT2D eigenvalue weighted by atomic mass is 10.2. The molecule has 5 aromatic rings. The Bertz CT molecular complexity index is 1360. The largest absolute Gasteiger partial charge is 0.507 e. The molecule has 0 unspecified atom stereocenters. The van der Waals surface area contributed by atoms with Crippen molar-refractivity contribution in [2.75, 3.05) is 0 Å². The van der Waals surface area contributed by atoms with Crippen LogP contribution < -0.4 is 4.74 Å². The first-order chi connectivity index (χ1) is 15.2. The Morgan fingerprint density at radius 1 is 0.806 bits per heavy atom. The number of aromatic nitrogens is 3. The van der Waals surface area contributed by atoms with E-state index in [9.17, 15) is 5.11 Å². The number of ether oxygens (including phenoxy) is 1. The second-order valence-corrected chi connectivity index (χ2v) is 7.33. The van der Waals surface area contributed by atoms with Crippen molar-refractivity contribution in [2.24, 2.45) is 0 Å². The number of aromatic hydroxyl groups is 1. The molecular weight excluding hydrogens is 386 g/mol. The smallest absolute Gasteiger partial charge is 0.149 e. The molecule has 0 bridgehead atoms. The fraction of sp³-hybridized carbons (Fsp3) is 0.0769. The topological polar surface area (TPSA) is 59.7 Å². The van der Waals surface area contributed by atoms with Crippen LogP contribution in [-0.4, -0.2) is 19.5 Å². The van der Waals surface area contributed by atoms with Gasteiger partial charge in [0, 0.05) is 11.9 Å². The summed E-state index contributed by atoms with van der Waals surface area (Å²) in [4.78, 5) is 9.68.